The number of nitrogens with one attached hydrogen (secondary N) is 1. The number of ether oxygens (including phenoxy) is 1. The van der Waals surface area contributed by atoms with Gasteiger partial charge in [0.1, 0.15) is 24.5 Å². The minimum absolute atomic E-state index is 0.0792. The summed E-state index contributed by atoms with van der Waals surface area (Å²) in [4.78, 5) is 12.5. The molecule has 0 saturated carbocycles. The molecule has 5 atom stereocenters. The van der Waals surface area contributed by atoms with Crippen LogP contribution in [-0.4, -0.2) is 76.7 Å². The fourth-order valence-corrected chi connectivity index (χ4v) is 2.02. The number of halogens is 1. The van der Waals surface area contributed by atoms with Crippen LogP contribution >= 0.6 is 0 Å². The van der Waals surface area contributed by atoms with Crippen LogP contribution in [0.3, 0.4) is 0 Å². The predicted octanol–water partition coefficient (Wildman–Crippen LogP) is -2.21. The van der Waals surface area contributed by atoms with Crippen molar-refractivity contribution < 1.29 is 29.2 Å². The first-order valence-corrected chi connectivity index (χ1v) is 5.35. The highest BCUT2D eigenvalue weighted by Gasteiger charge is 2.47. The number of aliphatic hydroxyl groups is 3. The Balaban J connectivity index is 2.09. The normalized spacial score (nSPS) is 42.7. The third-order valence-electron chi connectivity index (χ3n) is 2.95. The average Bonchev–Trinajstić information content (AvgIpc) is 2.59. The molecule has 0 spiro atoms. The van der Waals surface area contributed by atoms with E-state index >= 15 is 0 Å². The van der Waals surface area contributed by atoms with E-state index in [0.717, 1.165) is 4.90 Å². The molecule has 2 aliphatic rings. The van der Waals surface area contributed by atoms with Crippen LogP contribution in [0.4, 0.5) is 9.18 Å². The van der Waals surface area contributed by atoms with Crippen LogP contribution in [0.15, 0.2) is 0 Å². The van der Waals surface area contributed by atoms with Crippen LogP contribution < -0.4 is 5.32 Å². The van der Waals surface area contributed by atoms with Gasteiger partial charge in [0.25, 0.3) is 0 Å². The highest BCUT2D eigenvalue weighted by molar-refractivity contribution is 5.75. The monoisotopic (exact) mass is 250 g/mol. The van der Waals surface area contributed by atoms with Gasteiger partial charge in [-0.25, -0.2) is 9.18 Å². The Morgan fingerprint density at radius 3 is 2.76 bits per heavy atom. The Kier molecular flexibility index (Phi) is 3.48. The average molecular weight is 250 g/mol. The fourth-order valence-electron chi connectivity index (χ4n) is 2.02. The summed E-state index contributed by atoms with van der Waals surface area (Å²) in [7, 11) is 0. The van der Waals surface area contributed by atoms with E-state index in [0.29, 0.717) is 0 Å². The van der Waals surface area contributed by atoms with Gasteiger partial charge in [-0.05, 0) is 0 Å². The molecule has 2 fully saturated rings. The van der Waals surface area contributed by atoms with Crippen molar-refractivity contribution >= 4 is 6.03 Å². The molecule has 2 saturated heterocycles. The second-order valence-corrected chi connectivity index (χ2v) is 4.16. The molecule has 17 heavy (non-hydrogen) atoms. The van der Waals surface area contributed by atoms with Gasteiger partial charge in [0.15, 0.2) is 6.23 Å². The van der Waals surface area contributed by atoms with Crippen LogP contribution in [0.1, 0.15) is 0 Å². The molecule has 0 aromatic carbocycles. The molecule has 1 unspecified atom stereocenters. The summed E-state index contributed by atoms with van der Waals surface area (Å²) in [5.74, 6) is 0. The van der Waals surface area contributed by atoms with E-state index in [1.165, 1.54) is 0 Å². The van der Waals surface area contributed by atoms with Crippen molar-refractivity contribution in [3.05, 3.63) is 0 Å². The third-order valence-corrected chi connectivity index (χ3v) is 2.95. The van der Waals surface area contributed by atoms with Crippen LogP contribution in [0.25, 0.3) is 0 Å². The van der Waals surface area contributed by atoms with Crippen molar-refractivity contribution in [1.29, 1.82) is 0 Å². The van der Waals surface area contributed by atoms with Crippen molar-refractivity contribution in [2.75, 3.05) is 19.7 Å². The Morgan fingerprint density at radius 1 is 1.47 bits per heavy atom. The minimum atomic E-state index is -1.36. The number of urea groups is 1. The predicted molar refractivity (Wildman–Crippen MR) is 52.8 cm³/mol. The Bertz CT molecular complexity index is 305. The van der Waals surface area contributed by atoms with Gasteiger partial charge < -0.3 is 25.4 Å². The topological polar surface area (TPSA) is 102 Å². The summed E-state index contributed by atoms with van der Waals surface area (Å²) in [5, 5.41) is 30.4. The molecule has 7 nitrogen and oxygen atoms in total. The van der Waals surface area contributed by atoms with Crippen LogP contribution in [0, 0.1) is 0 Å². The molecule has 4 N–H and O–H groups in total. The van der Waals surface area contributed by atoms with Crippen LogP contribution in [0.5, 0.6) is 0 Å². The molecule has 2 aliphatic heterocycles. The van der Waals surface area contributed by atoms with Gasteiger partial charge >= 0.3 is 6.03 Å². The van der Waals surface area contributed by atoms with Crippen molar-refractivity contribution in [2.45, 2.75) is 30.7 Å². The van der Waals surface area contributed by atoms with E-state index in [1.807, 2.05) is 0 Å². The van der Waals surface area contributed by atoms with Crippen LogP contribution in [-0.2, 0) is 4.74 Å². The van der Waals surface area contributed by atoms with Gasteiger partial charge in [-0.1, -0.05) is 0 Å². The number of rotatable bonds is 2. The summed E-state index contributed by atoms with van der Waals surface area (Å²) in [6.45, 7) is -0.772. The summed E-state index contributed by atoms with van der Waals surface area (Å²) < 4.78 is 18.3. The smallest absolute Gasteiger partial charge is 0.319 e. The number of carbonyl (C=O) groups excluding carboxylic acids is 1. The molecular formula is C9H15FN2O5. The summed E-state index contributed by atoms with van der Waals surface area (Å²) in [5.41, 5.74) is 0. The second kappa shape index (κ2) is 4.73. The SMILES string of the molecule is O=C1NCC(F)CN1[C@@H]1O[C@H](CO)[C@@H](O)[C@@H]1O. The molecule has 0 aromatic heterocycles. The van der Waals surface area contributed by atoms with E-state index in [4.69, 9.17) is 9.84 Å². The number of nitrogens with zero attached hydrogens (tertiary/aromatic N) is 1. The third kappa shape index (κ3) is 2.21. The number of hydrogen-bond acceptors (Lipinski definition) is 5. The second-order valence-electron chi connectivity index (χ2n) is 4.16. The van der Waals surface area contributed by atoms with E-state index < -0.39 is 43.3 Å². The highest BCUT2D eigenvalue weighted by atomic mass is 19.1. The van der Waals surface area contributed by atoms with Crippen molar-refractivity contribution in [3.8, 4) is 0 Å². The standard InChI is InChI=1S/C9H15FN2O5/c10-4-1-11-9(16)12(2-4)8-7(15)6(14)5(3-13)17-8/h4-8,13-15H,1-3H2,(H,11,16)/t4?,5-,6-,7+,8-/m1/s1. The molecule has 0 radical (unpaired) electrons. The summed E-state index contributed by atoms with van der Waals surface area (Å²) in [6.07, 6.45) is -6.02. The first kappa shape index (κ1) is 12.5. The molecule has 0 aromatic rings. The largest absolute Gasteiger partial charge is 0.394 e. The molecule has 2 rings (SSSR count). The molecular weight excluding hydrogens is 235 g/mol. The lowest BCUT2D eigenvalue weighted by atomic mass is 10.1. The number of aliphatic hydroxyl groups excluding tert-OH is 3. The number of alkyl halides is 1. The van der Waals surface area contributed by atoms with Crippen LogP contribution in [0.2, 0.25) is 0 Å². The maximum absolute atomic E-state index is 13.2. The maximum atomic E-state index is 13.2. The zero-order valence-electron chi connectivity index (χ0n) is 8.99. The van der Waals surface area contributed by atoms with Crippen molar-refractivity contribution in [2.24, 2.45) is 0 Å². The van der Waals surface area contributed by atoms with Gasteiger partial charge in [0.2, 0.25) is 0 Å². The van der Waals surface area contributed by atoms with E-state index in [2.05, 4.69) is 5.32 Å². The lowest BCUT2D eigenvalue weighted by Crippen LogP contribution is -2.58. The first-order valence-electron chi connectivity index (χ1n) is 5.35. The van der Waals surface area contributed by atoms with E-state index in [-0.39, 0.29) is 13.1 Å². The molecule has 0 aliphatic carbocycles. The minimum Gasteiger partial charge on any atom is -0.394 e. The quantitative estimate of drug-likeness (QED) is 0.445. The molecule has 2 amide bonds. The summed E-state index contributed by atoms with van der Waals surface area (Å²) >= 11 is 0. The molecule has 0 bridgehead atoms. The Labute approximate surface area is 96.8 Å². The van der Waals surface area contributed by atoms with Gasteiger partial charge in [0.05, 0.1) is 19.7 Å². The Hall–Kier alpha value is -0.960. The van der Waals surface area contributed by atoms with Gasteiger partial charge in [-0.3, -0.25) is 4.90 Å². The Morgan fingerprint density at radius 2 is 2.18 bits per heavy atom. The van der Waals surface area contributed by atoms with Crippen molar-refractivity contribution in [1.82, 2.24) is 10.2 Å². The molecule has 98 valence electrons. The van der Waals surface area contributed by atoms with Gasteiger partial charge in [0, 0.05) is 0 Å². The first-order chi connectivity index (χ1) is 8.04. The van der Waals surface area contributed by atoms with E-state index in [1.54, 1.807) is 0 Å². The highest BCUT2D eigenvalue weighted by Crippen LogP contribution is 2.25. The van der Waals surface area contributed by atoms with Gasteiger partial charge in [-0.2, -0.15) is 0 Å². The zero-order valence-corrected chi connectivity index (χ0v) is 8.99. The number of carbonyl (C=O) groups is 1. The van der Waals surface area contributed by atoms with E-state index in [9.17, 15) is 19.4 Å². The zero-order chi connectivity index (χ0) is 12.6. The molecule has 8 heteroatoms. The molecule has 2 heterocycles. The fraction of sp³-hybridized carbons (Fsp3) is 0.889. The van der Waals surface area contributed by atoms with Gasteiger partial charge in [-0.15, -0.1) is 0 Å². The maximum Gasteiger partial charge on any atom is 0.319 e. The number of amides is 2. The van der Waals surface area contributed by atoms with Crippen molar-refractivity contribution in [3.63, 3.8) is 0 Å². The lowest BCUT2D eigenvalue weighted by Gasteiger charge is -2.35. The lowest BCUT2D eigenvalue weighted by molar-refractivity contribution is -0.0877. The number of hydrogen-bond donors (Lipinski definition) is 4. The summed E-state index contributed by atoms with van der Waals surface area (Å²) in [6, 6.07) is -0.561.